The minimum absolute atomic E-state index is 0.0903. The van der Waals surface area contributed by atoms with Crippen LogP contribution in [-0.4, -0.2) is 51.4 Å². The Balaban J connectivity index is 1.49. The van der Waals surface area contributed by atoms with Crippen LogP contribution in [0.3, 0.4) is 0 Å². The quantitative estimate of drug-likeness (QED) is 0.188. The first-order valence-electron chi connectivity index (χ1n) is 12.9. The molecule has 3 heterocycles. The summed E-state index contributed by atoms with van der Waals surface area (Å²) < 4.78 is 7.86. The lowest BCUT2D eigenvalue weighted by atomic mass is 10.1. The number of hydrogen-bond acceptors (Lipinski definition) is 8. The lowest BCUT2D eigenvalue weighted by Gasteiger charge is -2.13. The van der Waals surface area contributed by atoms with Gasteiger partial charge in [-0.1, -0.05) is 49.5 Å². The summed E-state index contributed by atoms with van der Waals surface area (Å²) in [6.45, 7) is 4.27. The molecule has 0 aliphatic heterocycles. The van der Waals surface area contributed by atoms with Gasteiger partial charge in [0.15, 0.2) is 5.65 Å². The molecule has 0 fully saturated rings. The Hall–Kier alpha value is -4.09. The van der Waals surface area contributed by atoms with E-state index in [2.05, 4.69) is 20.6 Å². The lowest BCUT2D eigenvalue weighted by Crippen LogP contribution is -2.29. The summed E-state index contributed by atoms with van der Waals surface area (Å²) in [6.07, 6.45) is 4.48. The molecule has 0 aliphatic carbocycles. The largest absolute Gasteiger partial charge is 0.464 e. The number of anilines is 2. The molecule has 1 amide bonds. The maximum absolute atomic E-state index is 13.3. The average Bonchev–Trinajstić information content (AvgIpc) is 3.31. The topological polar surface area (TPSA) is 129 Å². The van der Waals surface area contributed by atoms with Crippen LogP contribution in [0.5, 0.6) is 0 Å². The first-order valence-corrected chi connectivity index (χ1v) is 13.7. The minimum atomic E-state index is -0.496. The van der Waals surface area contributed by atoms with Crippen molar-refractivity contribution in [3.05, 3.63) is 68.8 Å². The van der Waals surface area contributed by atoms with Crippen LogP contribution in [0.4, 0.5) is 11.6 Å². The van der Waals surface area contributed by atoms with Crippen molar-refractivity contribution in [1.82, 2.24) is 24.6 Å². The third-order valence-corrected chi connectivity index (χ3v) is 7.10. The van der Waals surface area contributed by atoms with Gasteiger partial charge in [-0.05, 0) is 30.2 Å². The zero-order valence-electron chi connectivity index (χ0n) is 23.0. The Morgan fingerprint density at radius 3 is 2.59 bits per heavy atom. The fourth-order valence-electron chi connectivity index (χ4n) is 4.13. The van der Waals surface area contributed by atoms with Crippen LogP contribution in [0.25, 0.3) is 22.2 Å². The van der Waals surface area contributed by atoms with Crippen LogP contribution in [-0.2, 0) is 16.6 Å². The maximum atomic E-state index is 13.3. The van der Waals surface area contributed by atoms with Crippen LogP contribution in [0, 0.1) is 5.92 Å². The van der Waals surface area contributed by atoms with Gasteiger partial charge < -0.3 is 24.8 Å². The van der Waals surface area contributed by atoms with E-state index in [-0.39, 0.29) is 48.1 Å². The molecule has 13 heteroatoms. The summed E-state index contributed by atoms with van der Waals surface area (Å²) in [5.41, 5.74) is 1.26. The van der Waals surface area contributed by atoms with Crippen LogP contribution >= 0.6 is 23.2 Å². The van der Waals surface area contributed by atoms with Crippen LogP contribution in [0.1, 0.15) is 37.2 Å². The van der Waals surface area contributed by atoms with Gasteiger partial charge in [0.05, 0.1) is 27.8 Å². The maximum Gasteiger partial charge on any atom is 0.306 e. The molecule has 2 N–H and O–H groups in total. The van der Waals surface area contributed by atoms with Crippen molar-refractivity contribution in [2.24, 2.45) is 13.0 Å². The molecule has 0 aliphatic rings. The third-order valence-electron chi connectivity index (χ3n) is 6.47. The zero-order chi connectivity index (χ0) is 29.7. The van der Waals surface area contributed by atoms with E-state index in [1.165, 1.54) is 13.3 Å². The van der Waals surface area contributed by atoms with E-state index in [0.29, 0.717) is 38.8 Å². The predicted molar refractivity (Wildman–Crippen MR) is 158 cm³/mol. The number of carbonyl (C=O) groups excluding carboxylic acids is 2. The molecule has 0 bridgehead atoms. The summed E-state index contributed by atoms with van der Waals surface area (Å²) in [4.78, 5) is 52.0. The van der Waals surface area contributed by atoms with E-state index in [0.717, 1.165) is 11.2 Å². The lowest BCUT2D eigenvalue weighted by molar-refractivity contribution is -0.144. The van der Waals surface area contributed by atoms with Crippen molar-refractivity contribution in [3.63, 3.8) is 0 Å². The second-order valence-corrected chi connectivity index (χ2v) is 10.3. The highest BCUT2D eigenvalue weighted by atomic mass is 35.5. The number of pyridine rings is 1. The number of rotatable bonds is 11. The van der Waals surface area contributed by atoms with Crippen molar-refractivity contribution in [2.75, 3.05) is 25.6 Å². The van der Waals surface area contributed by atoms with Gasteiger partial charge in [0.25, 0.3) is 11.5 Å². The second-order valence-electron chi connectivity index (χ2n) is 9.45. The van der Waals surface area contributed by atoms with Crippen molar-refractivity contribution in [1.29, 1.82) is 0 Å². The summed E-state index contributed by atoms with van der Waals surface area (Å²) in [6, 6.07) is 8.22. The highest BCUT2D eigenvalue weighted by molar-refractivity contribution is 6.39. The molecule has 1 atom stereocenters. The average molecular weight is 601 g/mol. The third kappa shape index (κ3) is 6.80. The number of benzene rings is 1. The number of halogens is 2. The number of fused-ring (bicyclic) bond motifs is 1. The summed E-state index contributed by atoms with van der Waals surface area (Å²) >= 11 is 12.7. The van der Waals surface area contributed by atoms with E-state index in [1.807, 2.05) is 13.8 Å². The molecule has 4 rings (SSSR count). The van der Waals surface area contributed by atoms with E-state index >= 15 is 0 Å². The number of amides is 1. The highest BCUT2D eigenvalue weighted by Gasteiger charge is 2.19. The zero-order valence-corrected chi connectivity index (χ0v) is 24.5. The minimum Gasteiger partial charge on any atom is -0.464 e. The van der Waals surface area contributed by atoms with Crippen molar-refractivity contribution in [3.8, 4) is 11.1 Å². The van der Waals surface area contributed by atoms with Gasteiger partial charge in [-0.25, -0.2) is 4.98 Å². The molecule has 0 spiro atoms. The molecule has 3 aromatic heterocycles. The fourth-order valence-corrected chi connectivity index (χ4v) is 4.73. The molecule has 4 aromatic rings. The number of nitrogens with zero attached hydrogens (tertiary/aromatic N) is 4. The van der Waals surface area contributed by atoms with E-state index < -0.39 is 5.56 Å². The Morgan fingerprint density at radius 1 is 1.17 bits per heavy atom. The molecular formula is C28H30Cl2N6O5. The van der Waals surface area contributed by atoms with Gasteiger partial charge in [0.1, 0.15) is 19.4 Å². The van der Waals surface area contributed by atoms with Crippen LogP contribution < -0.4 is 21.0 Å². The van der Waals surface area contributed by atoms with Gasteiger partial charge in [-0.2, -0.15) is 4.98 Å². The number of aryl methyl sites for hydroxylation is 1. The van der Waals surface area contributed by atoms with E-state index in [1.54, 1.807) is 48.1 Å². The molecule has 1 unspecified atom stereocenters. The second kappa shape index (κ2) is 13.0. The molecule has 0 radical (unpaired) electrons. The van der Waals surface area contributed by atoms with Gasteiger partial charge in [0, 0.05) is 36.8 Å². The smallest absolute Gasteiger partial charge is 0.306 e. The first kappa shape index (κ1) is 29.9. The highest BCUT2D eigenvalue weighted by Crippen LogP contribution is 2.33. The summed E-state index contributed by atoms with van der Waals surface area (Å²) in [7, 11) is 3.07. The molecule has 216 valence electrons. The Morgan fingerprint density at radius 2 is 1.90 bits per heavy atom. The fraction of sp³-hybridized carbons (Fsp3) is 0.321. The van der Waals surface area contributed by atoms with Crippen LogP contribution in [0.15, 0.2) is 47.5 Å². The molecule has 0 saturated heterocycles. The summed E-state index contributed by atoms with van der Waals surface area (Å²) in [5.74, 6) is -0.184. The van der Waals surface area contributed by atoms with Gasteiger partial charge in [-0.15, -0.1) is 4.73 Å². The number of carbonyl (C=O) groups is 2. The molecule has 41 heavy (non-hydrogen) atoms. The van der Waals surface area contributed by atoms with Crippen molar-refractivity contribution in [2.45, 2.75) is 26.7 Å². The van der Waals surface area contributed by atoms with Gasteiger partial charge >= 0.3 is 5.97 Å². The molecule has 1 aromatic carbocycles. The number of ether oxygens (including phenoxy) is 1. The van der Waals surface area contributed by atoms with Gasteiger partial charge in [0.2, 0.25) is 5.95 Å². The SMILES string of the molecule is CCC(C)CC(=O)OCCNC(=O)c1cc(Nc2ncc3cc(-c4c(Cl)cccc4Cl)c(=O)n(OC)c3n2)cn1C. The summed E-state index contributed by atoms with van der Waals surface area (Å²) in [5, 5.41) is 6.95. The van der Waals surface area contributed by atoms with Crippen molar-refractivity contribution >= 4 is 57.7 Å². The number of esters is 1. The first-order chi connectivity index (χ1) is 19.6. The van der Waals surface area contributed by atoms with Crippen LogP contribution in [0.2, 0.25) is 10.0 Å². The van der Waals surface area contributed by atoms with Crippen molar-refractivity contribution < 1.29 is 19.2 Å². The molecular weight excluding hydrogens is 571 g/mol. The molecule has 11 nitrogen and oxygen atoms in total. The van der Waals surface area contributed by atoms with Gasteiger partial charge in [-0.3, -0.25) is 14.4 Å². The Kier molecular flexibility index (Phi) is 9.51. The number of nitrogens with one attached hydrogen (secondary N) is 2. The standard InChI is InChI=1S/C28H30Cl2N6O5/c1-5-16(2)11-23(37)41-10-9-31-26(38)22-13-18(15-35(22)3)33-28-32-14-17-12-19(24-20(29)7-6-8-21(24)30)27(39)36(40-4)25(17)34-28/h6-8,12-16H,5,9-11H2,1-4H3,(H,31,38)(H,32,33,34). The van der Waals surface area contributed by atoms with E-state index in [4.69, 9.17) is 32.8 Å². The number of hydrogen-bond donors (Lipinski definition) is 2. The van der Waals surface area contributed by atoms with E-state index in [9.17, 15) is 14.4 Å². The molecule has 0 saturated carbocycles. The predicted octanol–water partition coefficient (Wildman–Crippen LogP) is 4.62. The Bertz CT molecular complexity index is 1630. The monoisotopic (exact) mass is 600 g/mol. The Labute approximate surface area is 246 Å². The normalized spacial score (nSPS) is 11.8. The number of aromatic nitrogens is 4.